The molecule has 4 heteroatoms. The Hall–Kier alpha value is -1.68. The summed E-state index contributed by atoms with van der Waals surface area (Å²) in [6.07, 6.45) is 3.95. The van der Waals surface area contributed by atoms with Crippen molar-refractivity contribution < 1.29 is 0 Å². The van der Waals surface area contributed by atoms with Crippen LogP contribution in [0.25, 0.3) is 5.82 Å². The van der Waals surface area contributed by atoms with Crippen molar-refractivity contribution in [2.75, 3.05) is 0 Å². The van der Waals surface area contributed by atoms with Gasteiger partial charge in [-0.15, -0.1) is 0 Å². The van der Waals surface area contributed by atoms with Crippen molar-refractivity contribution in [3.05, 3.63) is 40.8 Å². The lowest BCUT2D eigenvalue weighted by atomic mass is 10.1. The standard InChI is InChI=1S/C16H24N4/c1-4-7-14-8-12(11-17)9-16(18-14)20-15(6-3)10-13(5-2)19-20/h8-10H,4-7,11,17H2,1-3H3. The fourth-order valence-corrected chi connectivity index (χ4v) is 2.34. The molecule has 0 unspecified atom stereocenters. The molecule has 0 atom stereocenters. The van der Waals surface area contributed by atoms with Crippen LogP contribution in [-0.4, -0.2) is 14.8 Å². The maximum absolute atomic E-state index is 5.81. The van der Waals surface area contributed by atoms with Gasteiger partial charge >= 0.3 is 0 Å². The highest BCUT2D eigenvalue weighted by Gasteiger charge is 2.10. The normalized spacial score (nSPS) is 11.0. The Balaban J connectivity index is 2.50. The number of pyridine rings is 1. The summed E-state index contributed by atoms with van der Waals surface area (Å²) >= 11 is 0. The van der Waals surface area contributed by atoms with E-state index in [1.165, 1.54) is 5.69 Å². The third-order valence-corrected chi connectivity index (χ3v) is 3.44. The van der Waals surface area contributed by atoms with Crippen molar-refractivity contribution in [2.24, 2.45) is 5.73 Å². The number of aromatic nitrogens is 3. The summed E-state index contributed by atoms with van der Waals surface area (Å²) in [6.45, 7) is 6.97. The Morgan fingerprint density at radius 1 is 1.05 bits per heavy atom. The third kappa shape index (κ3) is 3.07. The van der Waals surface area contributed by atoms with Gasteiger partial charge in [0, 0.05) is 17.9 Å². The average Bonchev–Trinajstić information content (AvgIpc) is 2.90. The minimum absolute atomic E-state index is 0.537. The van der Waals surface area contributed by atoms with Gasteiger partial charge in [-0.3, -0.25) is 0 Å². The molecule has 0 spiro atoms. The van der Waals surface area contributed by atoms with E-state index in [0.29, 0.717) is 6.54 Å². The highest BCUT2D eigenvalue weighted by molar-refractivity contribution is 5.33. The summed E-state index contributed by atoms with van der Waals surface area (Å²) in [4.78, 5) is 4.74. The minimum atomic E-state index is 0.537. The Kier molecular flexibility index (Phi) is 4.90. The van der Waals surface area contributed by atoms with Crippen LogP contribution in [0.1, 0.15) is 49.8 Å². The molecule has 2 rings (SSSR count). The molecule has 0 saturated heterocycles. The number of hydrogen-bond donors (Lipinski definition) is 1. The topological polar surface area (TPSA) is 56.7 Å². The molecule has 108 valence electrons. The molecular formula is C16H24N4. The summed E-state index contributed by atoms with van der Waals surface area (Å²) in [5, 5.41) is 4.66. The van der Waals surface area contributed by atoms with E-state index >= 15 is 0 Å². The van der Waals surface area contributed by atoms with E-state index in [0.717, 1.165) is 48.5 Å². The predicted octanol–water partition coefficient (Wildman–Crippen LogP) is 2.80. The van der Waals surface area contributed by atoms with E-state index in [4.69, 9.17) is 10.7 Å². The fourth-order valence-electron chi connectivity index (χ4n) is 2.34. The summed E-state index contributed by atoms with van der Waals surface area (Å²) in [6, 6.07) is 6.31. The molecule has 0 amide bonds. The maximum atomic E-state index is 5.81. The molecule has 0 aliphatic heterocycles. The van der Waals surface area contributed by atoms with Crippen molar-refractivity contribution in [1.29, 1.82) is 0 Å². The lowest BCUT2D eigenvalue weighted by molar-refractivity contribution is 0.756. The van der Waals surface area contributed by atoms with Crippen molar-refractivity contribution >= 4 is 0 Å². The van der Waals surface area contributed by atoms with Crippen LogP contribution in [-0.2, 0) is 25.8 Å². The predicted molar refractivity (Wildman–Crippen MR) is 82.0 cm³/mol. The molecule has 0 bridgehead atoms. The third-order valence-electron chi connectivity index (χ3n) is 3.44. The second kappa shape index (κ2) is 6.66. The smallest absolute Gasteiger partial charge is 0.154 e. The van der Waals surface area contributed by atoms with E-state index in [-0.39, 0.29) is 0 Å². The second-order valence-corrected chi connectivity index (χ2v) is 5.02. The van der Waals surface area contributed by atoms with Crippen molar-refractivity contribution in [1.82, 2.24) is 14.8 Å². The van der Waals surface area contributed by atoms with Gasteiger partial charge in [-0.25, -0.2) is 9.67 Å². The Morgan fingerprint density at radius 3 is 2.45 bits per heavy atom. The zero-order valence-corrected chi connectivity index (χ0v) is 12.7. The number of nitrogens with zero attached hydrogens (tertiary/aromatic N) is 3. The minimum Gasteiger partial charge on any atom is -0.326 e. The van der Waals surface area contributed by atoms with E-state index in [2.05, 4.69) is 38.0 Å². The molecule has 0 aliphatic rings. The van der Waals surface area contributed by atoms with E-state index in [1.54, 1.807) is 0 Å². The van der Waals surface area contributed by atoms with E-state index in [9.17, 15) is 0 Å². The van der Waals surface area contributed by atoms with Gasteiger partial charge in [-0.2, -0.15) is 5.10 Å². The number of nitrogens with two attached hydrogens (primary N) is 1. The first-order valence-electron chi connectivity index (χ1n) is 7.49. The Labute approximate surface area is 121 Å². The first-order valence-corrected chi connectivity index (χ1v) is 7.49. The molecule has 2 N–H and O–H groups in total. The maximum Gasteiger partial charge on any atom is 0.154 e. The molecular weight excluding hydrogens is 248 g/mol. The second-order valence-electron chi connectivity index (χ2n) is 5.02. The van der Waals surface area contributed by atoms with E-state index < -0.39 is 0 Å². The van der Waals surface area contributed by atoms with Crippen molar-refractivity contribution in [2.45, 2.75) is 53.0 Å². The van der Waals surface area contributed by atoms with Gasteiger partial charge in [0.2, 0.25) is 0 Å². The quantitative estimate of drug-likeness (QED) is 0.879. The number of hydrogen-bond acceptors (Lipinski definition) is 3. The zero-order valence-electron chi connectivity index (χ0n) is 12.7. The van der Waals surface area contributed by atoms with Gasteiger partial charge in [0.1, 0.15) is 0 Å². The van der Waals surface area contributed by atoms with Gasteiger partial charge < -0.3 is 5.73 Å². The molecule has 2 aromatic rings. The molecule has 0 aliphatic carbocycles. The summed E-state index contributed by atoms with van der Waals surface area (Å²) in [5.41, 5.74) is 10.3. The lowest BCUT2D eigenvalue weighted by Crippen LogP contribution is -2.08. The van der Waals surface area contributed by atoms with Crippen LogP contribution in [0, 0.1) is 0 Å². The summed E-state index contributed by atoms with van der Waals surface area (Å²) in [5.74, 6) is 0.896. The first-order chi connectivity index (χ1) is 9.71. The molecule has 0 fully saturated rings. The zero-order chi connectivity index (χ0) is 14.5. The Morgan fingerprint density at radius 2 is 1.85 bits per heavy atom. The fraction of sp³-hybridized carbons (Fsp3) is 0.500. The monoisotopic (exact) mass is 272 g/mol. The van der Waals surface area contributed by atoms with Crippen molar-refractivity contribution in [3.8, 4) is 5.82 Å². The first kappa shape index (κ1) is 14.7. The summed E-state index contributed by atoms with van der Waals surface area (Å²) < 4.78 is 1.97. The van der Waals surface area contributed by atoms with Crippen LogP contribution in [0.4, 0.5) is 0 Å². The molecule has 0 saturated carbocycles. The molecule has 2 heterocycles. The van der Waals surface area contributed by atoms with Crippen LogP contribution in [0.2, 0.25) is 0 Å². The molecule has 0 aromatic carbocycles. The average molecular weight is 272 g/mol. The van der Waals surface area contributed by atoms with Gasteiger partial charge in [0.25, 0.3) is 0 Å². The van der Waals surface area contributed by atoms with Crippen LogP contribution in [0.3, 0.4) is 0 Å². The van der Waals surface area contributed by atoms with Crippen LogP contribution >= 0.6 is 0 Å². The lowest BCUT2D eigenvalue weighted by Gasteiger charge is -2.09. The van der Waals surface area contributed by atoms with Gasteiger partial charge in [-0.05, 0) is 43.0 Å². The Bertz CT molecular complexity index is 572. The van der Waals surface area contributed by atoms with Crippen LogP contribution in [0.15, 0.2) is 18.2 Å². The number of aryl methyl sites for hydroxylation is 3. The summed E-state index contributed by atoms with van der Waals surface area (Å²) in [7, 11) is 0. The van der Waals surface area contributed by atoms with Crippen LogP contribution < -0.4 is 5.73 Å². The molecule has 20 heavy (non-hydrogen) atoms. The van der Waals surface area contributed by atoms with E-state index in [1.807, 2.05) is 10.7 Å². The highest BCUT2D eigenvalue weighted by Crippen LogP contribution is 2.16. The van der Waals surface area contributed by atoms with Crippen molar-refractivity contribution in [3.63, 3.8) is 0 Å². The largest absolute Gasteiger partial charge is 0.326 e. The highest BCUT2D eigenvalue weighted by atomic mass is 15.3. The SMILES string of the molecule is CCCc1cc(CN)cc(-n2nc(CC)cc2CC)n1. The molecule has 4 nitrogen and oxygen atoms in total. The van der Waals surface area contributed by atoms with Crippen LogP contribution in [0.5, 0.6) is 0 Å². The van der Waals surface area contributed by atoms with Gasteiger partial charge in [0.05, 0.1) is 5.69 Å². The molecule has 0 radical (unpaired) electrons. The van der Waals surface area contributed by atoms with Gasteiger partial charge in [-0.1, -0.05) is 27.2 Å². The molecule has 2 aromatic heterocycles. The number of rotatable bonds is 6. The van der Waals surface area contributed by atoms with Gasteiger partial charge in [0.15, 0.2) is 5.82 Å².